The van der Waals surface area contributed by atoms with Crippen LogP contribution in [0.4, 0.5) is 11.4 Å². The second kappa shape index (κ2) is 18.8. The van der Waals surface area contributed by atoms with Crippen molar-refractivity contribution in [3.05, 3.63) is 119 Å². The molecular formula is C42H43N3O6S. The van der Waals surface area contributed by atoms with E-state index in [9.17, 15) is 19.2 Å². The fraction of sp³-hybridized carbons (Fsp3) is 0.286. The molecule has 5 rings (SSSR count). The molecule has 52 heavy (non-hydrogen) atoms. The van der Waals surface area contributed by atoms with E-state index < -0.39 is 11.9 Å². The van der Waals surface area contributed by atoms with Crippen LogP contribution in [0, 0.1) is 0 Å². The molecule has 0 saturated heterocycles. The van der Waals surface area contributed by atoms with Gasteiger partial charge < -0.3 is 14.6 Å². The predicted octanol–water partition coefficient (Wildman–Crippen LogP) is 10.3. The van der Waals surface area contributed by atoms with Crippen molar-refractivity contribution in [2.24, 2.45) is 10.3 Å². The molecule has 0 saturated carbocycles. The van der Waals surface area contributed by atoms with Crippen molar-refractivity contribution < 1.29 is 28.9 Å². The fourth-order valence-electron chi connectivity index (χ4n) is 5.78. The van der Waals surface area contributed by atoms with Gasteiger partial charge in [-0.2, -0.15) is 0 Å². The van der Waals surface area contributed by atoms with E-state index in [1.54, 1.807) is 72.8 Å². The molecule has 1 heterocycles. The van der Waals surface area contributed by atoms with Crippen LogP contribution in [0.3, 0.4) is 0 Å². The molecule has 0 spiro atoms. The van der Waals surface area contributed by atoms with Gasteiger partial charge in [0.2, 0.25) is 11.6 Å². The Hall–Kier alpha value is -5.35. The summed E-state index contributed by atoms with van der Waals surface area (Å²) in [5.74, 6) is -1.88. The molecule has 268 valence electrons. The first-order valence-corrected chi connectivity index (χ1v) is 18.7. The van der Waals surface area contributed by atoms with E-state index in [0.29, 0.717) is 41.6 Å². The zero-order valence-electron chi connectivity index (χ0n) is 29.8. The Balaban J connectivity index is 1.40. The molecule has 10 heteroatoms. The van der Waals surface area contributed by atoms with Crippen LogP contribution in [0.15, 0.2) is 117 Å². The average molecular weight is 718 g/mol. The van der Waals surface area contributed by atoms with Crippen LogP contribution in [-0.2, 0) is 9.68 Å². The van der Waals surface area contributed by atoms with Crippen molar-refractivity contribution in [2.75, 3.05) is 11.4 Å². The Morgan fingerprint density at radius 3 is 1.37 bits per heavy atom. The number of nitrogens with zero attached hydrogens (tertiary/aromatic N) is 3. The van der Waals surface area contributed by atoms with E-state index in [-0.39, 0.29) is 23.0 Å². The van der Waals surface area contributed by atoms with E-state index in [1.165, 1.54) is 11.8 Å². The van der Waals surface area contributed by atoms with Crippen LogP contribution in [0.1, 0.15) is 114 Å². The SMILES string of the molecule is CCCCC/C(=N\OC(=O)c1ccccc1)C(=O)c1ccc2c(c1)Sc1cc(C(=O)/C(CCCCC)=N/OC(=O)c3ccccc3)ccc1N2CC. The van der Waals surface area contributed by atoms with Crippen LogP contribution < -0.4 is 4.90 Å². The quantitative estimate of drug-likeness (QED) is 0.0349. The van der Waals surface area contributed by atoms with Crippen molar-refractivity contribution in [1.82, 2.24) is 0 Å². The summed E-state index contributed by atoms with van der Waals surface area (Å²) in [5, 5.41) is 8.13. The minimum atomic E-state index is -0.629. The Labute approximate surface area is 309 Å². The summed E-state index contributed by atoms with van der Waals surface area (Å²) < 4.78 is 0. The van der Waals surface area contributed by atoms with Crippen LogP contribution in [0.25, 0.3) is 0 Å². The van der Waals surface area contributed by atoms with Gasteiger partial charge in [0, 0.05) is 27.5 Å². The molecule has 4 aromatic carbocycles. The lowest BCUT2D eigenvalue weighted by Gasteiger charge is -2.32. The number of rotatable bonds is 17. The first-order chi connectivity index (χ1) is 25.3. The lowest BCUT2D eigenvalue weighted by atomic mass is 10.0. The van der Waals surface area contributed by atoms with Gasteiger partial charge in [-0.25, -0.2) is 9.59 Å². The smallest absolute Gasteiger partial charge is 0.340 e. The number of anilines is 2. The van der Waals surface area contributed by atoms with Crippen LogP contribution in [0.5, 0.6) is 0 Å². The Morgan fingerprint density at radius 1 is 0.558 bits per heavy atom. The molecule has 1 aliphatic rings. The third kappa shape index (κ3) is 9.50. The Kier molecular flexibility index (Phi) is 13.7. The number of benzene rings is 4. The van der Waals surface area contributed by atoms with Gasteiger partial charge >= 0.3 is 11.9 Å². The molecular weight excluding hydrogens is 675 g/mol. The topological polar surface area (TPSA) is 115 Å². The van der Waals surface area contributed by atoms with Gasteiger partial charge in [-0.15, -0.1) is 0 Å². The minimum absolute atomic E-state index is 0.182. The van der Waals surface area contributed by atoms with E-state index in [2.05, 4.69) is 29.1 Å². The number of hydrogen-bond donors (Lipinski definition) is 0. The number of oxime groups is 2. The number of hydrogen-bond acceptors (Lipinski definition) is 10. The molecule has 4 aromatic rings. The van der Waals surface area contributed by atoms with Crippen molar-refractivity contribution in [3.63, 3.8) is 0 Å². The van der Waals surface area contributed by atoms with Gasteiger partial charge in [-0.1, -0.05) is 98.0 Å². The number of fused-ring (bicyclic) bond motifs is 2. The predicted molar refractivity (Wildman–Crippen MR) is 205 cm³/mol. The van der Waals surface area contributed by atoms with Crippen LogP contribution >= 0.6 is 11.8 Å². The highest BCUT2D eigenvalue weighted by Gasteiger charge is 2.27. The van der Waals surface area contributed by atoms with Crippen molar-refractivity contribution in [3.8, 4) is 0 Å². The lowest BCUT2D eigenvalue weighted by Crippen LogP contribution is -2.22. The zero-order valence-corrected chi connectivity index (χ0v) is 30.6. The number of Topliss-reactive ketones (excluding diaryl/α,β-unsaturated/α-hetero) is 2. The summed E-state index contributed by atoms with van der Waals surface area (Å²) in [4.78, 5) is 67.3. The van der Waals surface area contributed by atoms with Gasteiger partial charge in [0.25, 0.3) is 0 Å². The summed E-state index contributed by atoms with van der Waals surface area (Å²) >= 11 is 1.47. The first kappa shape index (κ1) is 37.9. The number of unbranched alkanes of at least 4 members (excludes halogenated alkanes) is 4. The van der Waals surface area contributed by atoms with E-state index in [4.69, 9.17) is 9.68 Å². The maximum atomic E-state index is 13.9. The van der Waals surface area contributed by atoms with Crippen molar-refractivity contribution in [2.45, 2.75) is 81.9 Å². The van der Waals surface area contributed by atoms with E-state index in [1.807, 2.05) is 31.2 Å². The van der Waals surface area contributed by atoms with Crippen LogP contribution in [-0.4, -0.2) is 41.5 Å². The molecule has 0 fully saturated rings. The molecule has 0 atom stereocenters. The fourth-order valence-corrected chi connectivity index (χ4v) is 6.95. The summed E-state index contributed by atoms with van der Waals surface area (Å²) in [5.41, 5.74) is 3.78. The summed E-state index contributed by atoms with van der Waals surface area (Å²) in [6.07, 6.45) is 5.93. The molecule has 0 N–H and O–H groups in total. The number of carbonyl (C=O) groups excluding carboxylic acids is 4. The van der Waals surface area contributed by atoms with Crippen molar-refractivity contribution in [1.29, 1.82) is 0 Å². The monoisotopic (exact) mass is 717 g/mol. The first-order valence-electron chi connectivity index (χ1n) is 17.8. The van der Waals surface area contributed by atoms with E-state index in [0.717, 1.165) is 59.7 Å². The normalized spacial score (nSPS) is 12.5. The highest BCUT2D eigenvalue weighted by molar-refractivity contribution is 7.99. The van der Waals surface area contributed by atoms with E-state index >= 15 is 0 Å². The van der Waals surface area contributed by atoms with Crippen molar-refractivity contribution >= 4 is 58.1 Å². The summed E-state index contributed by atoms with van der Waals surface area (Å²) in [7, 11) is 0. The Morgan fingerprint density at radius 2 is 0.981 bits per heavy atom. The van der Waals surface area contributed by atoms with Crippen LogP contribution in [0.2, 0.25) is 0 Å². The molecule has 0 amide bonds. The number of ketones is 2. The summed E-state index contributed by atoms with van der Waals surface area (Å²) in [6, 6.07) is 28.1. The molecule has 1 aliphatic heterocycles. The molecule has 0 unspecified atom stereocenters. The minimum Gasteiger partial charge on any atom is -0.340 e. The number of carbonyl (C=O) groups is 4. The second-order valence-corrected chi connectivity index (χ2v) is 13.4. The largest absolute Gasteiger partial charge is 0.365 e. The van der Waals surface area contributed by atoms with Gasteiger partial charge in [-0.05, 0) is 93.3 Å². The van der Waals surface area contributed by atoms with Gasteiger partial charge in [0.15, 0.2) is 0 Å². The maximum absolute atomic E-state index is 13.9. The molecule has 0 radical (unpaired) electrons. The second-order valence-electron chi connectivity index (χ2n) is 12.3. The maximum Gasteiger partial charge on any atom is 0.365 e. The third-order valence-corrected chi connectivity index (χ3v) is 9.71. The zero-order chi connectivity index (χ0) is 36.9. The standard InChI is InChI=1S/C42H43N3O6S/c1-4-7-11-21-33(43-50-41(48)29-17-13-9-14-18-29)39(46)31-23-25-35-37(27-31)52-38-28-32(24-26-36(38)45(35)6-3)40(47)34(22-12-8-5-2)44-51-42(49)30-19-15-10-16-20-30/h9-10,13-20,23-28H,4-8,11-12,21-22H2,1-3H3/b43-33+,44-34+. The molecule has 0 bridgehead atoms. The molecule has 0 aromatic heterocycles. The molecule has 9 nitrogen and oxygen atoms in total. The van der Waals surface area contributed by atoms with Gasteiger partial charge in [-0.3, -0.25) is 9.59 Å². The molecule has 0 aliphatic carbocycles. The Bertz CT molecular complexity index is 1820. The summed E-state index contributed by atoms with van der Waals surface area (Å²) in [6.45, 7) is 6.85. The highest BCUT2D eigenvalue weighted by Crippen LogP contribution is 2.48. The third-order valence-electron chi connectivity index (χ3n) is 8.62. The lowest BCUT2D eigenvalue weighted by molar-refractivity contribution is 0.0505. The highest BCUT2D eigenvalue weighted by atomic mass is 32.2. The van der Waals surface area contributed by atoms with Gasteiger partial charge in [0.05, 0.1) is 22.5 Å². The average Bonchev–Trinajstić information content (AvgIpc) is 3.19. The van der Waals surface area contributed by atoms with Gasteiger partial charge in [0.1, 0.15) is 11.4 Å².